The van der Waals surface area contributed by atoms with Crippen molar-refractivity contribution in [2.24, 2.45) is 0 Å². The van der Waals surface area contributed by atoms with E-state index in [1.165, 1.54) is 36.4 Å². The summed E-state index contributed by atoms with van der Waals surface area (Å²) in [6.45, 7) is 2.85. The standard InChI is InChI=1S/C26H26O10S2/c1-17-8-12-20(13-9-17)37(29,30)33-16-22-23(36-38(31,32)21-14-10-18(2)11-15-21)24(26(28)34-22)35-25(27)19-6-4-3-5-7-19/h3-15,22-24,26,28H,16H2,1-2H3/t22-,23+,24-,26?/m1/s1. The van der Waals surface area contributed by atoms with E-state index in [1.807, 2.05) is 0 Å². The molecule has 1 unspecified atom stereocenters. The number of aryl methyl sites for hydroxylation is 2. The molecule has 1 aliphatic rings. The quantitative estimate of drug-likeness (QED) is 0.305. The lowest BCUT2D eigenvalue weighted by atomic mass is 10.1. The number of hydrogen-bond acceptors (Lipinski definition) is 10. The Kier molecular flexibility index (Phi) is 8.31. The van der Waals surface area contributed by atoms with E-state index in [1.54, 1.807) is 56.3 Å². The minimum Gasteiger partial charge on any atom is -0.450 e. The molecule has 12 heteroatoms. The molecule has 0 radical (unpaired) electrons. The van der Waals surface area contributed by atoms with Gasteiger partial charge < -0.3 is 14.6 Å². The molecule has 0 amide bonds. The number of aliphatic hydroxyl groups is 1. The number of hydrogen-bond donors (Lipinski definition) is 1. The van der Waals surface area contributed by atoms with Crippen LogP contribution in [0.3, 0.4) is 0 Å². The van der Waals surface area contributed by atoms with Crippen LogP contribution in [0.4, 0.5) is 0 Å². The fourth-order valence-corrected chi connectivity index (χ4v) is 5.71. The molecule has 0 bridgehead atoms. The first-order valence-corrected chi connectivity index (χ1v) is 14.3. The summed E-state index contributed by atoms with van der Waals surface area (Å²) in [7, 11) is -8.71. The molecule has 1 aliphatic heterocycles. The van der Waals surface area contributed by atoms with Crippen LogP contribution in [-0.4, -0.2) is 59.1 Å². The normalized spacial score (nSPS) is 21.8. The fraction of sp³-hybridized carbons (Fsp3) is 0.269. The van der Waals surface area contributed by atoms with Crippen LogP contribution in [0.1, 0.15) is 21.5 Å². The Balaban J connectivity index is 1.59. The first-order valence-electron chi connectivity index (χ1n) is 11.5. The summed E-state index contributed by atoms with van der Waals surface area (Å²) in [4.78, 5) is 12.4. The van der Waals surface area contributed by atoms with Crippen molar-refractivity contribution in [3.05, 3.63) is 95.6 Å². The molecule has 38 heavy (non-hydrogen) atoms. The van der Waals surface area contributed by atoms with E-state index < -0.39 is 57.4 Å². The molecule has 0 saturated carbocycles. The van der Waals surface area contributed by atoms with Gasteiger partial charge >= 0.3 is 5.97 Å². The number of rotatable bonds is 9. The molecule has 1 fully saturated rings. The van der Waals surface area contributed by atoms with Gasteiger partial charge in [-0.25, -0.2) is 4.79 Å². The highest BCUT2D eigenvalue weighted by atomic mass is 32.2. The Bertz CT molecular complexity index is 1470. The van der Waals surface area contributed by atoms with Crippen LogP contribution in [-0.2, 0) is 38.1 Å². The van der Waals surface area contributed by atoms with Crippen molar-refractivity contribution in [1.82, 2.24) is 0 Å². The van der Waals surface area contributed by atoms with E-state index in [-0.39, 0.29) is 15.4 Å². The summed E-state index contributed by atoms with van der Waals surface area (Å²) >= 11 is 0. The van der Waals surface area contributed by atoms with Crippen LogP contribution in [0.25, 0.3) is 0 Å². The summed E-state index contributed by atoms with van der Waals surface area (Å²) in [6, 6.07) is 19.5. The van der Waals surface area contributed by atoms with Gasteiger partial charge in [0.15, 0.2) is 12.4 Å². The Morgan fingerprint density at radius 2 is 1.32 bits per heavy atom. The van der Waals surface area contributed by atoms with E-state index in [2.05, 4.69) is 0 Å². The predicted octanol–water partition coefficient (Wildman–Crippen LogP) is 2.73. The molecule has 0 aromatic heterocycles. The minimum atomic E-state index is -4.45. The van der Waals surface area contributed by atoms with Gasteiger partial charge in [0, 0.05) is 0 Å². The highest BCUT2D eigenvalue weighted by Gasteiger charge is 2.50. The summed E-state index contributed by atoms with van der Waals surface area (Å²) in [5.74, 6) is -0.867. The van der Waals surface area contributed by atoms with E-state index in [0.29, 0.717) is 0 Å². The molecule has 3 aromatic carbocycles. The van der Waals surface area contributed by atoms with Gasteiger partial charge in [-0.2, -0.15) is 16.8 Å². The van der Waals surface area contributed by atoms with Crippen molar-refractivity contribution in [2.45, 2.75) is 48.2 Å². The van der Waals surface area contributed by atoms with Gasteiger partial charge in [-0.15, -0.1) is 0 Å². The maximum absolute atomic E-state index is 13.0. The molecule has 202 valence electrons. The molecule has 10 nitrogen and oxygen atoms in total. The maximum Gasteiger partial charge on any atom is 0.338 e. The second-order valence-corrected chi connectivity index (χ2v) is 11.9. The second-order valence-electron chi connectivity index (χ2n) is 8.68. The van der Waals surface area contributed by atoms with Gasteiger partial charge in [0.2, 0.25) is 0 Å². The average molecular weight is 563 g/mol. The molecule has 0 aliphatic carbocycles. The molecule has 1 saturated heterocycles. The Morgan fingerprint density at radius 3 is 1.87 bits per heavy atom. The maximum atomic E-state index is 13.0. The highest BCUT2D eigenvalue weighted by molar-refractivity contribution is 7.87. The highest BCUT2D eigenvalue weighted by Crippen LogP contribution is 2.30. The van der Waals surface area contributed by atoms with Crippen LogP contribution < -0.4 is 0 Å². The zero-order valence-electron chi connectivity index (χ0n) is 20.5. The van der Waals surface area contributed by atoms with Crippen molar-refractivity contribution < 1.29 is 44.6 Å². The van der Waals surface area contributed by atoms with Crippen LogP contribution in [0.2, 0.25) is 0 Å². The largest absolute Gasteiger partial charge is 0.450 e. The molecule has 1 heterocycles. The van der Waals surface area contributed by atoms with Crippen LogP contribution in [0.15, 0.2) is 88.7 Å². The van der Waals surface area contributed by atoms with Gasteiger partial charge in [-0.3, -0.25) is 8.37 Å². The van der Waals surface area contributed by atoms with Gasteiger partial charge in [-0.05, 0) is 50.2 Å². The number of carbonyl (C=O) groups is 1. The monoisotopic (exact) mass is 562 g/mol. The first-order chi connectivity index (χ1) is 18.0. The summed E-state index contributed by atoms with van der Waals surface area (Å²) in [5.41, 5.74) is 1.79. The first kappa shape index (κ1) is 27.9. The number of esters is 1. The van der Waals surface area contributed by atoms with Gasteiger partial charge in [0.05, 0.1) is 22.0 Å². The molecule has 3 aromatic rings. The number of benzene rings is 3. The Labute approximate surface area is 221 Å². The van der Waals surface area contributed by atoms with Gasteiger partial charge in [0.25, 0.3) is 20.2 Å². The van der Waals surface area contributed by atoms with Crippen LogP contribution in [0, 0.1) is 13.8 Å². The van der Waals surface area contributed by atoms with Crippen molar-refractivity contribution in [2.75, 3.05) is 6.61 Å². The summed E-state index contributed by atoms with van der Waals surface area (Å²) in [6.07, 6.45) is -6.49. The average Bonchev–Trinajstić information content (AvgIpc) is 3.17. The van der Waals surface area contributed by atoms with Crippen molar-refractivity contribution in [3.8, 4) is 0 Å². The van der Waals surface area contributed by atoms with E-state index in [9.17, 15) is 26.7 Å². The van der Waals surface area contributed by atoms with E-state index in [4.69, 9.17) is 17.8 Å². The fourth-order valence-electron chi connectivity index (χ4n) is 3.69. The third kappa shape index (κ3) is 6.46. The summed E-state index contributed by atoms with van der Waals surface area (Å²) in [5, 5.41) is 10.5. The third-order valence-corrected chi connectivity index (χ3v) is 8.40. The lowest BCUT2D eigenvalue weighted by Gasteiger charge is -2.23. The lowest BCUT2D eigenvalue weighted by molar-refractivity contribution is -0.133. The number of carbonyl (C=O) groups excluding carboxylic acids is 1. The molecular formula is C26H26O10S2. The van der Waals surface area contributed by atoms with E-state index >= 15 is 0 Å². The predicted molar refractivity (Wildman–Crippen MR) is 134 cm³/mol. The van der Waals surface area contributed by atoms with Crippen molar-refractivity contribution >= 4 is 26.2 Å². The van der Waals surface area contributed by atoms with Gasteiger partial charge in [-0.1, -0.05) is 53.6 Å². The van der Waals surface area contributed by atoms with Crippen LogP contribution >= 0.6 is 0 Å². The second kappa shape index (κ2) is 11.3. The Morgan fingerprint density at radius 1 is 0.789 bits per heavy atom. The third-order valence-electron chi connectivity index (χ3n) is 5.78. The zero-order valence-corrected chi connectivity index (χ0v) is 22.1. The molecule has 0 spiro atoms. The number of aliphatic hydroxyl groups excluding tert-OH is 1. The summed E-state index contributed by atoms with van der Waals surface area (Å²) < 4.78 is 72.7. The zero-order chi connectivity index (χ0) is 27.5. The van der Waals surface area contributed by atoms with Gasteiger partial charge in [0.1, 0.15) is 12.2 Å². The van der Waals surface area contributed by atoms with Crippen LogP contribution in [0.5, 0.6) is 0 Å². The Hall–Kier alpha value is -3.13. The number of ether oxygens (including phenoxy) is 2. The van der Waals surface area contributed by atoms with E-state index in [0.717, 1.165) is 11.1 Å². The van der Waals surface area contributed by atoms with Crippen molar-refractivity contribution in [3.63, 3.8) is 0 Å². The topological polar surface area (TPSA) is 143 Å². The smallest absolute Gasteiger partial charge is 0.338 e. The minimum absolute atomic E-state index is 0.126. The molecule has 1 N–H and O–H groups in total. The molecule has 4 atom stereocenters. The lowest BCUT2D eigenvalue weighted by Crippen LogP contribution is -2.42. The van der Waals surface area contributed by atoms with Crippen molar-refractivity contribution in [1.29, 1.82) is 0 Å². The SMILES string of the molecule is Cc1ccc(S(=O)(=O)OC[C@H]2OC(O)[C@H](OC(=O)c3ccccc3)[C@H]2OS(=O)(=O)c2ccc(C)cc2)cc1. The molecular weight excluding hydrogens is 536 g/mol. The molecule has 4 rings (SSSR count).